The number of hydrogen-bond donors (Lipinski definition) is 2. The Morgan fingerprint density at radius 3 is 2.49 bits per heavy atom. The van der Waals surface area contributed by atoms with Crippen molar-refractivity contribution in [2.45, 2.75) is 62.9 Å². The molecule has 4 aliphatic rings. The SMILES string of the molecule is CC(C)C[C@H](CO)N1C(=O)[C@@H]2[C@H]3C(=O)N[C@@H](c4ccccc4)COC(=O)CC/C=C\CN(c4ccccc4Cl)C(=O)[C@@H]1[C@]21C=C[C@H]3O1. The van der Waals surface area contributed by atoms with Crippen LogP contribution in [0.3, 0.4) is 0 Å². The Bertz CT molecular complexity index is 1580. The Hall–Kier alpha value is -3.99. The number of carbonyl (C=O) groups excluding carboxylic acids is 4. The summed E-state index contributed by atoms with van der Waals surface area (Å²) in [6, 6.07) is 13.6. The number of fused-ring (bicyclic) bond motifs is 2. The van der Waals surface area contributed by atoms with Gasteiger partial charge in [-0.25, -0.2) is 0 Å². The van der Waals surface area contributed by atoms with E-state index in [2.05, 4.69) is 5.32 Å². The monoisotopic (exact) mass is 661 g/mol. The largest absolute Gasteiger partial charge is 0.463 e. The molecule has 11 heteroatoms. The average Bonchev–Trinajstić information content (AvgIpc) is 3.71. The van der Waals surface area contributed by atoms with Crippen LogP contribution in [-0.4, -0.2) is 77.2 Å². The van der Waals surface area contributed by atoms with E-state index in [-0.39, 0.29) is 32.1 Å². The van der Waals surface area contributed by atoms with E-state index in [1.165, 1.54) is 9.80 Å². The lowest BCUT2D eigenvalue weighted by atomic mass is 9.74. The van der Waals surface area contributed by atoms with E-state index in [1.54, 1.807) is 48.6 Å². The van der Waals surface area contributed by atoms with Gasteiger partial charge >= 0.3 is 5.97 Å². The zero-order chi connectivity index (χ0) is 33.3. The van der Waals surface area contributed by atoms with Crippen molar-refractivity contribution in [2.75, 3.05) is 24.7 Å². The van der Waals surface area contributed by atoms with Gasteiger partial charge in [0, 0.05) is 13.0 Å². The van der Waals surface area contributed by atoms with Crippen LogP contribution in [0.5, 0.6) is 0 Å². The molecule has 2 saturated heterocycles. The van der Waals surface area contributed by atoms with Gasteiger partial charge in [0.15, 0.2) is 0 Å². The fourth-order valence-corrected chi connectivity index (χ4v) is 7.69. The molecule has 5 bridgehead atoms. The molecule has 0 saturated carbocycles. The summed E-state index contributed by atoms with van der Waals surface area (Å²) in [5.41, 5.74) is -0.271. The summed E-state index contributed by atoms with van der Waals surface area (Å²) < 4.78 is 12.2. The van der Waals surface area contributed by atoms with Crippen molar-refractivity contribution in [3.05, 3.63) is 89.5 Å². The van der Waals surface area contributed by atoms with Crippen LogP contribution in [0.4, 0.5) is 5.69 Å². The number of cyclic esters (lactones) is 1. The van der Waals surface area contributed by atoms with Crippen molar-refractivity contribution >= 4 is 41.0 Å². The first-order chi connectivity index (χ1) is 22.7. The summed E-state index contributed by atoms with van der Waals surface area (Å²) in [4.78, 5) is 59.5. The molecule has 1 spiro atoms. The second-order valence-corrected chi connectivity index (χ2v) is 13.4. The summed E-state index contributed by atoms with van der Waals surface area (Å²) in [5, 5.41) is 14.0. The molecular formula is C36H40ClN3O7. The molecule has 248 valence electrons. The van der Waals surface area contributed by atoms with Gasteiger partial charge in [0.05, 0.1) is 47.3 Å². The standard InChI is InChI=1S/C36H40ClN3O7/c1-22(2)19-24(20-41)40-32-35(45)39(27-14-9-8-13-25(27)37)18-10-4-7-15-29(42)46-21-26(23-11-5-3-6-12-23)38-33(43)30-28-16-17-36(32,47-28)31(30)34(40)44/h3-6,8-14,16-17,22,24,26,28,30-32,41H,7,15,18-21H2,1-2H3,(H,38,43)/b10-4-/t24-,26-,28-,30+,31+,32-,36+/m1/s1. The number of amides is 3. The zero-order valence-electron chi connectivity index (χ0n) is 26.5. The molecule has 2 fully saturated rings. The van der Waals surface area contributed by atoms with E-state index < -0.39 is 65.4 Å². The highest BCUT2D eigenvalue weighted by atomic mass is 35.5. The zero-order valence-corrected chi connectivity index (χ0v) is 27.2. The van der Waals surface area contributed by atoms with E-state index in [0.29, 0.717) is 23.6 Å². The molecule has 7 atom stereocenters. The summed E-state index contributed by atoms with van der Waals surface area (Å²) in [6.07, 6.45) is 7.23. The molecule has 4 heterocycles. The number of halogens is 1. The smallest absolute Gasteiger partial charge is 0.306 e. The molecule has 6 rings (SSSR count). The predicted octanol–water partition coefficient (Wildman–Crippen LogP) is 3.98. The summed E-state index contributed by atoms with van der Waals surface area (Å²) in [6.45, 7) is 3.61. The third-order valence-electron chi connectivity index (χ3n) is 9.50. The first-order valence-electron chi connectivity index (χ1n) is 16.2. The number of nitrogens with one attached hydrogen (secondary N) is 1. The van der Waals surface area contributed by atoms with Crippen molar-refractivity contribution < 1.29 is 33.8 Å². The molecule has 4 aliphatic heterocycles. The number of esters is 1. The maximum Gasteiger partial charge on any atom is 0.306 e. The number of para-hydroxylation sites is 1. The van der Waals surface area contributed by atoms with Gasteiger partial charge in [0.1, 0.15) is 18.2 Å². The van der Waals surface area contributed by atoms with Gasteiger partial charge in [-0.05, 0) is 36.5 Å². The molecule has 2 N–H and O–H groups in total. The number of ether oxygens (including phenoxy) is 2. The number of rotatable bonds is 6. The number of benzene rings is 2. The highest BCUT2D eigenvalue weighted by Crippen LogP contribution is 2.56. The molecule has 0 radical (unpaired) electrons. The number of hydrogen-bond acceptors (Lipinski definition) is 7. The van der Waals surface area contributed by atoms with Crippen LogP contribution >= 0.6 is 11.6 Å². The molecule has 2 aromatic rings. The maximum atomic E-state index is 15.0. The third kappa shape index (κ3) is 6.10. The number of aliphatic hydroxyl groups excluding tert-OH is 1. The number of anilines is 1. The fourth-order valence-electron chi connectivity index (χ4n) is 7.45. The first kappa shape index (κ1) is 32.9. The first-order valence-corrected chi connectivity index (χ1v) is 16.6. The minimum absolute atomic E-state index is 0.0926. The van der Waals surface area contributed by atoms with Gasteiger partial charge in [-0.3, -0.25) is 19.2 Å². The number of aliphatic hydroxyl groups is 1. The molecular weight excluding hydrogens is 622 g/mol. The molecule has 2 aromatic carbocycles. The number of carbonyl (C=O) groups is 4. The Balaban J connectivity index is 1.47. The molecule has 47 heavy (non-hydrogen) atoms. The number of likely N-dealkylation sites (tertiary alicyclic amines) is 1. The van der Waals surface area contributed by atoms with Crippen molar-refractivity contribution in [1.82, 2.24) is 10.2 Å². The van der Waals surface area contributed by atoms with Crippen molar-refractivity contribution in [1.29, 1.82) is 0 Å². The molecule has 10 nitrogen and oxygen atoms in total. The van der Waals surface area contributed by atoms with Gasteiger partial charge in [0.2, 0.25) is 11.8 Å². The highest BCUT2D eigenvalue weighted by Gasteiger charge is 2.74. The number of allylic oxidation sites excluding steroid dienone is 1. The van der Waals surface area contributed by atoms with E-state index >= 15 is 0 Å². The van der Waals surface area contributed by atoms with Gasteiger partial charge in [-0.2, -0.15) is 0 Å². The van der Waals surface area contributed by atoms with Crippen molar-refractivity contribution in [3.63, 3.8) is 0 Å². The van der Waals surface area contributed by atoms with Crippen LogP contribution in [0, 0.1) is 17.8 Å². The Morgan fingerprint density at radius 1 is 1.02 bits per heavy atom. The Kier molecular flexibility index (Phi) is 9.55. The minimum Gasteiger partial charge on any atom is -0.463 e. The maximum absolute atomic E-state index is 15.0. The lowest BCUT2D eigenvalue weighted by Gasteiger charge is -2.39. The van der Waals surface area contributed by atoms with Gasteiger partial charge in [0.25, 0.3) is 5.91 Å². The average molecular weight is 662 g/mol. The fraction of sp³-hybridized carbons (Fsp3) is 0.444. The van der Waals surface area contributed by atoms with Crippen molar-refractivity contribution in [2.24, 2.45) is 17.8 Å². The topological polar surface area (TPSA) is 125 Å². The van der Waals surface area contributed by atoms with Crippen LogP contribution in [0.1, 0.15) is 44.7 Å². The second kappa shape index (κ2) is 13.6. The molecule has 0 aromatic heterocycles. The van der Waals surface area contributed by atoms with Crippen LogP contribution < -0.4 is 10.2 Å². The Morgan fingerprint density at radius 2 is 1.77 bits per heavy atom. The quantitative estimate of drug-likeness (QED) is 0.354. The van der Waals surface area contributed by atoms with Crippen molar-refractivity contribution in [3.8, 4) is 0 Å². The lowest BCUT2D eigenvalue weighted by Crippen LogP contribution is -2.59. The van der Waals surface area contributed by atoms with Crippen LogP contribution in [0.25, 0.3) is 0 Å². The molecule has 3 amide bonds. The summed E-state index contributed by atoms with van der Waals surface area (Å²) in [7, 11) is 0. The van der Waals surface area contributed by atoms with E-state index in [1.807, 2.05) is 44.2 Å². The van der Waals surface area contributed by atoms with E-state index in [0.717, 1.165) is 5.56 Å². The van der Waals surface area contributed by atoms with Crippen LogP contribution in [0.2, 0.25) is 5.02 Å². The third-order valence-corrected chi connectivity index (χ3v) is 9.82. The van der Waals surface area contributed by atoms with Gasteiger partial charge < -0.3 is 29.7 Å². The van der Waals surface area contributed by atoms with Gasteiger partial charge in [-0.1, -0.05) is 92.2 Å². The predicted molar refractivity (Wildman–Crippen MR) is 175 cm³/mol. The Labute approximate surface area is 279 Å². The highest BCUT2D eigenvalue weighted by molar-refractivity contribution is 6.34. The van der Waals surface area contributed by atoms with Crippen LogP contribution in [-0.2, 0) is 28.7 Å². The molecule has 0 aliphatic carbocycles. The van der Waals surface area contributed by atoms with Gasteiger partial charge in [-0.15, -0.1) is 0 Å². The van der Waals surface area contributed by atoms with Crippen LogP contribution in [0.15, 0.2) is 78.9 Å². The van der Waals surface area contributed by atoms with E-state index in [4.69, 9.17) is 21.1 Å². The lowest BCUT2D eigenvalue weighted by molar-refractivity contribution is -0.146. The minimum atomic E-state index is -1.45. The van der Waals surface area contributed by atoms with E-state index in [9.17, 15) is 24.3 Å². The molecule has 0 unspecified atom stereocenters. The number of nitrogens with zero attached hydrogens (tertiary/aromatic N) is 2. The summed E-state index contributed by atoms with van der Waals surface area (Å²) >= 11 is 6.64. The second-order valence-electron chi connectivity index (χ2n) is 13.0. The normalized spacial score (nSPS) is 30.8. The summed E-state index contributed by atoms with van der Waals surface area (Å²) in [5.74, 6) is -3.63.